The molecule has 1 N–H and O–H groups in total. The summed E-state index contributed by atoms with van der Waals surface area (Å²) in [5.41, 5.74) is 0.801. The van der Waals surface area contributed by atoms with Gasteiger partial charge in [0.05, 0.1) is 12.4 Å². The van der Waals surface area contributed by atoms with E-state index in [0.717, 1.165) is 5.56 Å². The van der Waals surface area contributed by atoms with E-state index in [2.05, 4.69) is 10.3 Å². The van der Waals surface area contributed by atoms with Crippen molar-refractivity contribution < 1.29 is 18.7 Å². The van der Waals surface area contributed by atoms with Crippen molar-refractivity contribution in [2.24, 2.45) is 0 Å². The number of halogens is 1. The topological polar surface area (TPSA) is 60.5 Å². The number of hydrogen-bond acceptors (Lipinski definition) is 4. The highest BCUT2D eigenvalue weighted by atomic mass is 19.1. The molecule has 0 saturated heterocycles. The largest absolute Gasteiger partial charge is 0.455 e. The molecule has 1 aromatic carbocycles. The molecule has 1 atom stereocenters. The first-order valence-electron chi connectivity index (χ1n) is 8.19. The molecule has 0 saturated carbocycles. The van der Waals surface area contributed by atoms with Crippen LogP contribution in [-0.2, 0) is 11.2 Å². The molecule has 2 heterocycles. The number of carbonyl (C=O) groups is 1. The maximum atomic E-state index is 14.2. The minimum atomic E-state index is -0.571. The Labute approximate surface area is 146 Å². The van der Waals surface area contributed by atoms with Gasteiger partial charge in [-0.2, -0.15) is 0 Å². The highest BCUT2D eigenvalue weighted by Crippen LogP contribution is 2.39. The number of pyridine rings is 1. The smallest absolute Gasteiger partial charge is 0.407 e. The number of benzene rings is 1. The third kappa shape index (κ3) is 4.07. The number of hydrogen-bond donors (Lipinski definition) is 1. The van der Waals surface area contributed by atoms with E-state index in [1.807, 2.05) is 24.3 Å². The van der Waals surface area contributed by atoms with Crippen molar-refractivity contribution in [2.75, 3.05) is 6.54 Å². The van der Waals surface area contributed by atoms with Crippen molar-refractivity contribution in [1.82, 2.24) is 10.3 Å². The highest BCUT2D eigenvalue weighted by Gasteiger charge is 2.26. The molecule has 25 heavy (non-hydrogen) atoms. The molecule has 0 radical (unpaired) electrons. The van der Waals surface area contributed by atoms with E-state index in [1.54, 1.807) is 20.8 Å². The van der Waals surface area contributed by atoms with Crippen molar-refractivity contribution in [1.29, 1.82) is 0 Å². The lowest BCUT2D eigenvalue weighted by atomic mass is 9.92. The lowest BCUT2D eigenvalue weighted by Gasteiger charge is -2.22. The zero-order valence-electron chi connectivity index (χ0n) is 14.5. The Hall–Kier alpha value is -2.63. The second kappa shape index (κ2) is 6.70. The molecule has 1 unspecified atom stereocenters. The van der Waals surface area contributed by atoms with Crippen LogP contribution in [0.3, 0.4) is 0 Å². The Morgan fingerprint density at radius 3 is 2.84 bits per heavy atom. The summed E-state index contributed by atoms with van der Waals surface area (Å²) in [6.07, 6.45) is 2.59. The van der Waals surface area contributed by atoms with E-state index in [9.17, 15) is 9.18 Å². The van der Waals surface area contributed by atoms with E-state index in [0.29, 0.717) is 30.0 Å². The van der Waals surface area contributed by atoms with E-state index >= 15 is 0 Å². The molecule has 1 aliphatic rings. The molecule has 5 nitrogen and oxygen atoms in total. The number of rotatable bonds is 2. The molecule has 1 aliphatic heterocycles. The Kier molecular flexibility index (Phi) is 4.61. The van der Waals surface area contributed by atoms with E-state index in [4.69, 9.17) is 9.47 Å². The number of amides is 1. The van der Waals surface area contributed by atoms with Crippen LogP contribution in [0.4, 0.5) is 9.18 Å². The summed E-state index contributed by atoms with van der Waals surface area (Å²) in [6.45, 7) is 5.73. The quantitative estimate of drug-likeness (QED) is 0.888. The highest BCUT2D eigenvalue weighted by molar-refractivity contribution is 5.67. The average molecular weight is 344 g/mol. The third-order valence-electron chi connectivity index (χ3n) is 3.89. The Morgan fingerprint density at radius 1 is 1.32 bits per heavy atom. The van der Waals surface area contributed by atoms with Crippen LogP contribution in [0, 0.1) is 5.82 Å². The number of aromatic nitrogens is 1. The Morgan fingerprint density at radius 2 is 2.08 bits per heavy atom. The zero-order valence-corrected chi connectivity index (χ0v) is 14.5. The van der Waals surface area contributed by atoms with Crippen molar-refractivity contribution in [2.45, 2.75) is 38.7 Å². The molecule has 1 amide bonds. The van der Waals surface area contributed by atoms with Gasteiger partial charge >= 0.3 is 6.09 Å². The summed E-state index contributed by atoms with van der Waals surface area (Å²) < 4.78 is 25.3. The number of nitrogens with one attached hydrogen (secondary N) is 1. The molecule has 2 aromatic rings. The van der Waals surface area contributed by atoms with Gasteiger partial charge in [-0.15, -0.1) is 0 Å². The molecule has 132 valence electrons. The van der Waals surface area contributed by atoms with Crippen molar-refractivity contribution >= 4 is 6.09 Å². The number of alkyl carbamates (subject to hydrolysis) is 1. The number of fused-ring (bicyclic) bond motifs is 2. The predicted octanol–water partition coefficient (Wildman–Crippen LogP) is 4.18. The van der Waals surface area contributed by atoms with Crippen LogP contribution < -0.4 is 10.1 Å². The minimum Gasteiger partial charge on any atom is -0.455 e. The first-order valence-corrected chi connectivity index (χ1v) is 8.19. The second-order valence-corrected chi connectivity index (χ2v) is 7.02. The molecule has 3 rings (SSSR count). The molecule has 0 bridgehead atoms. The zero-order chi connectivity index (χ0) is 18.0. The maximum absolute atomic E-state index is 14.2. The van der Waals surface area contributed by atoms with Crippen LogP contribution in [0.25, 0.3) is 0 Å². The molecule has 0 spiro atoms. The molecule has 0 aliphatic carbocycles. The average Bonchev–Trinajstić information content (AvgIpc) is 2.69. The van der Waals surface area contributed by atoms with Gasteiger partial charge in [-0.3, -0.25) is 4.98 Å². The van der Waals surface area contributed by atoms with Gasteiger partial charge in [-0.1, -0.05) is 18.2 Å². The maximum Gasteiger partial charge on any atom is 0.407 e. The first kappa shape index (κ1) is 17.2. The van der Waals surface area contributed by atoms with Crippen LogP contribution in [0.2, 0.25) is 0 Å². The van der Waals surface area contributed by atoms with Gasteiger partial charge in [0, 0.05) is 18.0 Å². The summed E-state index contributed by atoms with van der Waals surface area (Å²) in [7, 11) is 0. The first-order chi connectivity index (χ1) is 11.8. The summed E-state index contributed by atoms with van der Waals surface area (Å²) in [4.78, 5) is 15.8. The standard InChI is InChI=1S/C19H21FN2O3/c1-19(2,3)25-18(23)22-9-12-8-14-15(20)10-21-11-17(14)24-16-7-5-4-6-13(12)16/h4-7,10-12H,8-9H2,1-3H3,(H,22,23). The normalized spacial score (nSPS) is 16.1. The number of para-hydroxylation sites is 1. The number of ether oxygens (including phenoxy) is 2. The summed E-state index contributed by atoms with van der Waals surface area (Å²) in [5, 5.41) is 2.77. The van der Waals surface area contributed by atoms with Gasteiger partial charge in [0.2, 0.25) is 0 Å². The van der Waals surface area contributed by atoms with Crippen LogP contribution in [0.5, 0.6) is 11.5 Å². The molecular formula is C19H21FN2O3. The summed E-state index contributed by atoms with van der Waals surface area (Å²) >= 11 is 0. The van der Waals surface area contributed by atoms with Crippen molar-refractivity contribution in [3.8, 4) is 11.5 Å². The van der Waals surface area contributed by atoms with Gasteiger partial charge in [0.15, 0.2) is 5.75 Å². The van der Waals surface area contributed by atoms with Crippen LogP contribution in [0.1, 0.15) is 37.8 Å². The monoisotopic (exact) mass is 344 g/mol. The molecule has 6 heteroatoms. The Balaban J connectivity index is 1.85. The van der Waals surface area contributed by atoms with Crippen molar-refractivity contribution in [3.63, 3.8) is 0 Å². The van der Waals surface area contributed by atoms with Crippen LogP contribution in [-0.4, -0.2) is 23.2 Å². The van der Waals surface area contributed by atoms with E-state index in [-0.39, 0.29) is 5.92 Å². The predicted molar refractivity (Wildman–Crippen MR) is 91.4 cm³/mol. The Bertz CT molecular complexity index is 786. The van der Waals surface area contributed by atoms with E-state index in [1.165, 1.54) is 12.4 Å². The van der Waals surface area contributed by atoms with Gasteiger partial charge in [-0.05, 0) is 38.8 Å². The molecule has 1 aromatic heterocycles. The summed E-state index contributed by atoms with van der Waals surface area (Å²) in [5.74, 6) is 0.506. The molecule has 0 fully saturated rings. The van der Waals surface area contributed by atoms with Gasteiger partial charge < -0.3 is 14.8 Å². The summed E-state index contributed by atoms with van der Waals surface area (Å²) in [6, 6.07) is 7.51. The molecular weight excluding hydrogens is 323 g/mol. The fraction of sp³-hybridized carbons (Fsp3) is 0.368. The number of carbonyl (C=O) groups excluding carboxylic acids is 1. The van der Waals surface area contributed by atoms with Gasteiger partial charge in [0.1, 0.15) is 17.2 Å². The minimum absolute atomic E-state index is 0.137. The fourth-order valence-corrected chi connectivity index (χ4v) is 2.82. The SMILES string of the molecule is CC(C)(C)OC(=O)NCC1Cc2c(F)cncc2Oc2ccccc21. The van der Waals surface area contributed by atoms with Gasteiger partial charge in [0.25, 0.3) is 0 Å². The number of nitrogens with zero attached hydrogens (tertiary/aromatic N) is 1. The lowest BCUT2D eigenvalue weighted by Crippen LogP contribution is -2.35. The fourth-order valence-electron chi connectivity index (χ4n) is 2.82. The lowest BCUT2D eigenvalue weighted by molar-refractivity contribution is 0.0524. The van der Waals surface area contributed by atoms with E-state index < -0.39 is 17.5 Å². The van der Waals surface area contributed by atoms with Crippen LogP contribution >= 0.6 is 0 Å². The van der Waals surface area contributed by atoms with Crippen LogP contribution in [0.15, 0.2) is 36.7 Å². The van der Waals surface area contributed by atoms with Crippen molar-refractivity contribution in [3.05, 3.63) is 53.6 Å². The third-order valence-corrected chi connectivity index (χ3v) is 3.89. The second-order valence-electron chi connectivity index (χ2n) is 7.02. The van der Waals surface area contributed by atoms with Gasteiger partial charge in [-0.25, -0.2) is 9.18 Å².